The third-order valence-electron chi connectivity index (χ3n) is 8.14. The van der Waals surface area contributed by atoms with Gasteiger partial charge in [-0.15, -0.1) is 0 Å². The summed E-state index contributed by atoms with van der Waals surface area (Å²) in [4.78, 5) is 0. The van der Waals surface area contributed by atoms with E-state index in [1.165, 1.54) is 10.2 Å². The van der Waals surface area contributed by atoms with E-state index >= 15 is 0 Å². The second kappa shape index (κ2) is 14.7. The van der Waals surface area contributed by atoms with Crippen LogP contribution in [0.2, 0.25) is 18.1 Å². The number of nitrogens with zero attached hydrogens (tertiary/aromatic N) is 4. The van der Waals surface area contributed by atoms with Crippen LogP contribution in [0.1, 0.15) is 65.9 Å². The number of hydrogen-bond donors (Lipinski definition) is 0. The molecule has 3 rings (SSSR count). The largest absolute Gasteiger partial charge is 0.414 e. The molecule has 2 aromatic carbocycles. The lowest BCUT2D eigenvalue weighted by molar-refractivity contribution is 0.0712. The Morgan fingerprint density at radius 1 is 0.927 bits per heavy atom. The summed E-state index contributed by atoms with van der Waals surface area (Å²) in [5, 5.41) is 11.4. The van der Waals surface area contributed by atoms with Gasteiger partial charge in [0.2, 0.25) is 9.84 Å². The molecule has 0 radical (unpaired) electrons. The van der Waals surface area contributed by atoms with E-state index < -0.39 is 18.2 Å². The zero-order valence-corrected chi connectivity index (χ0v) is 27.6. The van der Waals surface area contributed by atoms with E-state index in [1.807, 2.05) is 36.4 Å². The maximum Gasteiger partial charge on any atom is 0.272 e. The number of aromatic nitrogens is 4. The van der Waals surface area contributed by atoms with Crippen molar-refractivity contribution in [2.45, 2.75) is 96.3 Å². The van der Waals surface area contributed by atoms with Crippen LogP contribution in [0.15, 0.2) is 65.8 Å². The first-order chi connectivity index (χ1) is 19.3. The normalized spacial score (nSPS) is 15.0. The van der Waals surface area contributed by atoms with E-state index in [0.29, 0.717) is 31.2 Å². The predicted molar refractivity (Wildman–Crippen MR) is 166 cm³/mol. The summed E-state index contributed by atoms with van der Waals surface area (Å²) >= 11 is 0. The summed E-state index contributed by atoms with van der Waals surface area (Å²) in [5.41, 5.74) is 1.80. The first kappa shape index (κ1) is 33.1. The molecule has 0 aliphatic rings. The molecule has 0 aliphatic heterocycles. The fraction of sp³-hybridized carbons (Fsp3) is 0.581. The highest BCUT2D eigenvalue weighted by molar-refractivity contribution is 7.91. The molecule has 0 saturated heterocycles. The maximum absolute atomic E-state index is 13.2. The van der Waals surface area contributed by atoms with Gasteiger partial charge >= 0.3 is 0 Å². The number of rotatable bonds is 16. The minimum atomic E-state index is -3.66. The number of para-hydroxylation sites is 1. The van der Waals surface area contributed by atoms with Crippen LogP contribution in [0, 0.1) is 11.8 Å². The first-order valence-electron chi connectivity index (χ1n) is 14.7. The highest BCUT2D eigenvalue weighted by Gasteiger charge is 2.40. The van der Waals surface area contributed by atoms with Crippen LogP contribution in [0.4, 0.5) is 0 Å². The smallest absolute Gasteiger partial charge is 0.272 e. The lowest BCUT2D eigenvalue weighted by Gasteiger charge is -2.41. The van der Waals surface area contributed by atoms with Crippen molar-refractivity contribution in [2.24, 2.45) is 11.8 Å². The SMILES string of the molecule is C[C@@H](CC[C@@H](O[Si](C)(C)C(C)(C)C)[C@H](C)CCCS(=O)(=O)c1nnnn1-c1ccccc1)COCc1ccccc1. The van der Waals surface area contributed by atoms with Crippen LogP contribution in [0.5, 0.6) is 0 Å². The van der Waals surface area contributed by atoms with Crippen LogP contribution in [-0.2, 0) is 25.6 Å². The molecule has 41 heavy (non-hydrogen) atoms. The van der Waals surface area contributed by atoms with Gasteiger partial charge in [0.15, 0.2) is 8.32 Å². The van der Waals surface area contributed by atoms with E-state index in [1.54, 1.807) is 12.1 Å². The van der Waals surface area contributed by atoms with E-state index in [2.05, 4.69) is 75.4 Å². The Kier molecular flexibility index (Phi) is 11.8. The molecule has 0 saturated carbocycles. The fourth-order valence-electron chi connectivity index (χ4n) is 4.48. The Bertz CT molecular complexity index is 1290. The standard InChI is InChI=1S/C31H48N4O4SSi/c1-25(23-38-24-27-16-10-8-11-17-27)20-21-29(39-41(6,7)31(3,4)5)26(2)15-14-22-40(36,37)30-32-33-34-35(30)28-18-12-9-13-19-28/h8-13,16-19,25-26,29H,14-15,20-24H2,1-7H3/t25-,26+,29+/m0/s1. The van der Waals surface area contributed by atoms with Crippen LogP contribution in [0.3, 0.4) is 0 Å². The van der Waals surface area contributed by atoms with Gasteiger partial charge in [0.1, 0.15) is 0 Å². The fourth-order valence-corrected chi connectivity index (χ4v) is 7.23. The van der Waals surface area contributed by atoms with Crippen molar-refractivity contribution < 1.29 is 17.6 Å². The minimum absolute atomic E-state index is 0.0128. The van der Waals surface area contributed by atoms with Gasteiger partial charge in [0, 0.05) is 12.7 Å². The topological polar surface area (TPSA) is 96.2 Å². The molecular weight excluding hydrogens is 553 g/mol. The third-order valence-corrected chi connectivity index (χ3v) is 14.3. The Labute approximate surface area is 247 Å². The molecule has 1 heterocycles. The lowest BCUT2D eigenvalue weighted by Crippen LogP contribution is -2.45. The van der Waals surface area contributed by atoms with Gasteiger partial charge in [-0.1, -0.05) is 88.2 Å². The van der Waals surface area contributed by atoms with E-state index in [0.717, 1.165) is 19.3 Å². The van der Waals surface area contributed by atoms with Crippen molar-refractivity contribution in [3.63, 3.8) is 0 Å². The quantitative estimate of drug-likeness (QED) is 0.165. The van der Waals surface area contributed by atoms with Crippen molar-refractivity contribution in [2.75, 3.05) is 12.4 Å². The lowest BCUT2D eigenvalue weighted by atomic mass is 9.93. The summed E-state index contributed by atoms with van der Waals surface area (Å²) in [6.45, 7) is 17.1. The van der Waals surface area contributed by atoms with Gasteiger partial charge < -0.3 is 9.16 Å². The van der Waals surface area contributed by atoms with Crippen molar-refractivity contribution in [1.82, 2.24) is 20.2 Å². The average Bonchev–Trinajstić information content (AvgIpc) is 3.43. The van der Waals surface area contributed by atoms with E-state index in [4.69, 9.17) is 9.16 Å². The molecule has 0 unspecified atom stereocenters. The molecule has 226 valence electrons. The number of ether oxygens (including phenoxy) is 1. The van der Waals surface area contributed by atoms with Crippen LogP contribution in [-0.4, -0.2) is 55.4 Å². The zero-order valence-electron chi connectivity index (χ0n) is 25.8. The molecule has 1 aromatic heterocycles. The molecule has 0 aliphatic carbocycles. The second-order valence-corrected chi connectivity index (χ2v) is 19.5. The van der Waals surface area contributed by atoms with Gasteiger partial charge in [0.05, 0.1) is 18.0 Å². The maximum atomic E-state index is 13.2. The van der Waals surface area contributed by atoms with E-state index in [-0.39, 0.29) is 28.0 Å². The zero-order chi connectivity index (χ0) is 30.1. The molecule has 0 amide bonds. The summed E-state index contributed by atoms with van der Waals surface area (Å²) in [6.07, 6.45) is 3.22. The number of hydrogen-bond acceptors (Lipinski definition) is 7. The molecule has 3 atom stereocenters. The number of benzene rings is 2. The van der Waals surface area contributed by atoms with Crippen LogP contribution >= 0.6 is 0 Å². The molecule has 0 bridgehead atoms. The molecule has 8 nitrogen and oxygen atoms in total. The Hall–Kier alpha value is -2.40. The van der Waals surface area contributed by atoms with Crippen molar-refractivity contribution in [3.8, 4) is 5.69 Å². The van der Waals surface area contributed by atoms with Crippen molar-refractivity contribution in [3.05, 3.63) is 66.2 Å². The number of sulfone groups is 1. The Balaban J connectivity index is 1.59. The summed E-state index contributed by atoms with van der Waals surface area (Å²) in [7, 11) is -5.67. The number of tetrazole rings is 1. The molecule has 0 N–H and O–H groups in total. The average molecular weight is 601 g/mol. The van der Waals surface area contributed by atoms with Gasteiger partial charge in [-0.3, -0.25) is 0 Å². The first-order valence-corrected chi connectivity index (χ1v) is 19.2. The van der Waals surface area contributed by atoms with Gasteiger partial charge in [-0.2, -0.15) is 4.68 Å². The Morgan fingerprint density at radius 3 is 2.20 bits per heavy atom. The molecule has 0 spiro atoms. The van der Waals surface area contributed by atoms with Gasteiger partial charge in [-0.25, -0.2) is 8.42 Å². The van der Waals surface area contributed by atoms with Crippen LogP contribution in [0.25, 0.3) is 5.69 Å². The monoisotopic (exact) mass is 600 g/mol. The third kappa shape index (κ3) is 9.84. The molecule has 0 fully saturated rings. The van der Waals surface area contributed by atoms with Crippen molar-refractivity contribution in [1.29, 1.82) is 0 Å². The highest BCUT2D eigenvalue weighted by Crippen LogP contribution is 2.39. The summed E-state index contributed by atoms with van der Waals surface area (Å²) in [6, 6.07) is 19.3. The Morgan fingerprint density at radius 2 is 1.56 bits per heavy atom. The molecule has 10 heteroatoms. The highest BCUT2D eigenvalue weighted by atomic mass is 32.2. The van der Waals surface area contributed by atoms with Crippen LogP contribution < -0.4 is 0 Å². The summed E-state index contributed by atoms with van der Waals surface area (Å²) < 4.78 is 40.6. The second-order valence-electron chi connectivity index (χ2n) is 12.7. The van der Waals surface area contributed by atoms with Gasteiger partial charge in [-0.05, 0) is 83.8 Å². The van der Waals surface area contributed by atoms with E-state index in [9.17, 15) is 8.42 Å². The molecular formula is C31H48N4O4SSi. The molecule has 3 aromatic rings. The van der Waals surface area contributed by atoms with Gasteiger partial charge in [0.25, 0.3) is 5.16 Å². The minimum Gasteiger partial charge on any atom is -0.414 e. The summed E-state index contributed by atoms with van der Waals surface area (Å²) in [5.74, 6) is 0.594. The predicted octanol–water partition coefficient (Wildman–Crippen LogP) is 6.88. The van der Waals surface area contributed by atoms with Crippen molar-refractivity contribution >= 4 is 18.2 Å².